The van der Waals surface area contributed by atoms with Crippen LogP contribution in [-0.4, -0.2) is 14.7 Å². The van der Waals surface area contributed by atoms with E-state index in [0.29, 0.717) is 5.02 Å². The van der Waals surface area contributed by atoms with Crippen molar-refractivity contribution < 1.29 is 5.11 Å². The molecule has 0 spiro atoms. The lowest BCUT2D eigenvalue weighted by Gasteiger charge is -2.07. The number of hydrogen-bond donors (Lipinski definition) is 1. The van der Waals surface area contributed by atoms with Gasteiger partial charge in [-0.2, -0.15) is 0 Å². The number of imidazole rings is 1. The minimum Gasteiger partial charge on any atom is -0.508 e. The van der Waals surface area contributed by atoms with Gasteiger partial charge in [0, 0.05) is 23.2 Å². The number of phenols is 1. The van der Waals surface area contributed by atoms with E-state index >= 15 is 0 Å². The highest BCUT2D eigenvalue weighted by molar-refractivity contribution is 6.31. The Morgan fingerprint density at radius 2 is 2.00 bits per heavy atom. The van der Waals surface area contributed by atoms with Crippen molar-refractivity contribution in [2.24, 2.45) is 7.05 Å². The normalized spacial score (nSPS) is 11.1. The molecule has 0 saturated carbocycles. The smallest absolute Gasteiger partial charge is 0.141 e. The standard InChI is InChI=1S/C15H13ClN2O/c1-9-11(4-3-5-14(9)19)15-17-12-8-10(16)6-7-13(12)18(15)2/h3-8,19H,1-2H3. The van der Waals surface area contributed by atoms with E-state index in [-0.39, 0.29) is 5.75 Å². The fraction of sp³-hybridized carbons (Fsp3) is 0.133. The van der Waals surface area contributed by atoms with Gasteiger partial charge in [0.2, 0.25) is 0 Å². The summed E-state index contributed by atoms with van der Waals surface area (Å²) in [4.78, 5) is 4.61. The Morgan fingerprint density at radius 3 is 2.79 bits per heavy atom. The first kappa shape index (κ1) is 12.1. The predicted octanol–water partition coefficient (Wildman–Crippen LogP) is 3.91. The van der Waals surface area contributed by atoms with Crippen LogP contribution < -0.4 is 0 Å². The number of halogens is 1. The second-order valence-corrected chi connectivity index (χ2v) is 5.01. The van der Waals surface area contributed by atoms with Crippen molar-refractivity contribution in [3.63, 3.8) is 0 Å². The third-order valence-electron chi connectivity index (χ3n) is 3.39. The van der Waals surface area contributed by atoms with Crippen LogP contribution in [0.1, 0.15) is 5.56 Å². The quantitative estimate of drug-likeness (QED) is 0.729. The van der Waals surface area contributed by atoms with Gasteiger partial charge in [-0.1, -0.05) is 23.7 Å². The van der Waals surface area contributed by atoms with Crippen LogP contribution in [0.25, 0.3) is 22.4 Å². The average molecular weight is 273 g/mol. The van der Waals surface area contributed by atoms with Gasteiger partial charge in [-0.3, -0.25) is 0 Å². The molecule has 1 N–H and O–H groups in total. The zero-order valence-electron chi connectivity index (χ0n) is 10.7. The van der Waals surface area contributed by atoms with Gasteiger partial charge in [0.05, 0.1) is 11.0 Å². The number of aromatic nitrogens is 2. The number of hydrogen-bond acceptors (Lipinski definition) is 2. The Kier molecular flexibility index (Phi) is 2.72. The first-order valence-electron chi connectivity index (χ1n) is 5.99. The van der Waals surface area contributed by atoms with Crippen molar-refractivity contribution in [3.8, 4) is 17.1 Å². The summed E-state index contributed by atoms with van der Waals surface area (Å²) in [5, 5.41) is 10.5. The van der Waals surface area contributed by atoms with Gasteiger partial charge in [0.25, 0.3) is 0 Å². The number of nitrogens with zero attached hydrogens (tertiary/aromatic N) is 2. The van der Waals surface area contributed by atoms with E-state index in [1.165, 1.54) is 0 Å². The Morgan fingerprint density at radius 1 is 1.21 bits per heavy atom. The number of aromatic hydroxyl groups is 1. The first-order chi connectivity index (χ1) is 9.08. The monoisotopic (exact) mass is 272 g/mol. The van der Waals surface area contributed by atoms with Crippen molar-refractivity contribution in [1.29, 1.82) is 0 Å². The molecule has 0 atom stereocenters. The Bertz CT molecular complexity index is 777. The fourth-order valence-corrected chi connectivity index (χ4v) is 2.45. The topological polar surface area (TPSA) is 38.1 Å². The minimum atomic E-state index is 0.280. The summed E-state index contributed by atoms with van der Waals surface area (Å²) in [6, 6.07) is 11.1. The van der Waals surface area contributed by atoms with Gasteiger partial charge < -0.3 is 9.67 Å². The molecule has 0 fully saturated rings. The van der Waals surface area contributed by atoms with Crippen LogP contribution in [0, 0.1) is 6.92 Å². The number of benzene rings is 2. The van der Waals surface area contributed by atoms with Crippen LogP contribution in [0.2, 0.25) is 5.02 Å². The third kappa shape index (κ3) is 1.87. The third-order valence-corrected chi connectivity index (χ3v) is 3.62. The summed E-state index contributed by atoms with van der Waals surface area (Å²) in [5.74, 6) is 1.10. The fourth-order valence-electron chi connectivity index (χ4n) is 2.28. The molecule has 3 rings (SSSR count). The number of rotatable bonds is 1. The molecule has 0 aliphatic rings. The lowest BCUT2D eigenvalue weighted by molar-refractivity contribution is 0.471. The van der Waals surface area contributed by atoms with E-state index in [2.05, 4.69) is 4.98 Å². The second kappa shape index (κ2) is 4.28. The summed E-state index contributed by atoms with van der Waals surface area (Å²) in [5.41, 5.74) is 3.62. The first-order valence-corrected chi connectivity index (χ1v) is 6.36. The minimum absolute atomic E-state index is 0.280. The van der Waals surface area contributed by atoms with Gasteiger partial charge in [-0.15, -0.1) is 0 Å². The van der Waals surface area contributed by atoms with Crippen molar-refractivity contribution >= 4 is 22.6 Å². The number of fused-ring (bicyclic) bond motifs is 1. The van der Waals surface area contributed by atoms with Crippen molar-refractivity contribution in [1.82, 2.24) is 9.55 Å². The molecule has 0 amide bonds. The molecule has 2 aromatic carbocycles. The lowest BCUT2D eigenvalue weighted by atomic mass is 10.1. The Hall–Kier alpha value is -2.00. The highest BCUT2D eigenvalue weighted by Crippen LogP contribution is 2.31. The maximum atomic E-state index is 9.81. The van der Waals surface area contributed by atoms with Gasteiger partial charge in [0.15, 0.2) is 0 Å². The summed E-state index contributed by atoms with van der Waals surface area (Å²) in [6.45, 7) is 1.89. The summed E-state index contributed by atoms with van der Waals surface area (Å²) in [7, 11) is 1.96. The van der Waals surface area contributed by atoms with Crippen LogP contribution >= 0.6 is 11.6 Å². The summed E-state index contributed by atoms with van der Waals surface area (Å²) < 4.78 is 2.01. The van der Waals surface area contributed by atoms with E-state index < -0.39 is 0 Å². The second-order valence-electron chi connectivity index (χ2n) is 4.58. The molecule has 96 valence electrons. The van der Waals surface area contributed by atoms with E-state index in [9.17, 15) is 5.11 Å². The summed E-state index contributed by atoms with van der Waals surface area (Å²) in [6.07, 6.45) is 0. The highest BCUT2D eigenvalue weighted by atomic mass is 35.5. The maximum absolute atomic E-state index is 9.81. The molecule has 3 nitrogen and oxygen atoms in total. The largest absolute Gasteiger partial charge is 0.508 e. The van der Waals surface area contributed by atoms with Crippen LogP contribution in [-0.2, 0) is 7.05 Å². The molecule has 19 heavy (non-hydrogen) atoms. The van der Waals surface area contributed by atoms with Crippen LogP contribution in [0.4, 0.5) is 0 Å². The van der Waals surface area contributed by atoms with Crippen LogP contribution in [0.3, 0.4) is 0 Å². The van der Waals surface area contributed by atoms with Crippen LogP contribution in [0.5, 0.6) is 5.75 Å². The molecule has 0 aliphatic heterocycles. The van der Waals surface area contributed by atoms with E-state index in [4.69, 9.17) is 11.6 Å². The Labute approximate surface area is 116 Å². The van der Waals surface area contributed by atoms with E-state index in [1.54, 1.807) is 6.07 Å². The molecule has 3 aromatic rings. The molecule has 0 aliphatic carbocycles. The van der Waals surface area contributed by atoms with Crippen molar-refractivity contribution in [3.05, 3.63) is 47.0 Å². The van der Waals surface area contributed by atoms with Crippen molar-refractivity contribution in [2.75, 3.05) is 0 Å². The average Bonchev–Trinajstić information content (AvgIpc) is 2.69. The predicted molar refractivity (Wildman–Crippen MR) is 77.6 cm³/mol. The molecular weight excluding hydrogens is 260 g/mol. The molecule has 0 radical (unpaired) electrons. The highest BCUT2D eigenvalue weighted by Gasteiger charge is 2.13. The molecule has 0 saturated heterocycles. The van der Waals surface area contributed by atoms with Crippen molar-refractivity contribution in [2.45, 2.75) is 6.92 Å². The zero-order valence-corrected chi connectivity index (χ0v) is 11.4. The number of aryl methyl sites for hydroxylation is 1. The maximum Gasteiger partial charge on any atom is 0.141 e. The van der Waals surface area contributed by atoms with E-state index in [0.717, 1.165) is 28.0 Å². The number of phenolic OH excluding ortho intramolecular Hbond substituents is 1. The molecule has 0 unspecified atom stereocenters. The van der Waals surface area contributed by atoms with Gasteiger partial charge in [-0.05, 0) is 31.2 Å². The molecule has 1 aromatic heterocycles. The lowest BCUT2D eigenvalue weighted by Crippen LogP contribution is -1.94. The van der Waals surface area contributed by atoms with E-state index in [1.807, 2.05) is 48.9 Å². The molecular formula is C15H13ClN2O. The molecule has 1 heterocycles. The van der Waals surface area contributed by atoms with Crippen LogP contribution in [0.15, 0.2) is 36.4 Å². The molecule has 4 heteroatoms. The summed E-state index contributed by atoms with van der Waals surface area (Å²) >= 11 is 5.99. The Balaban J connectivity index is 2.31. The van der Waals surface area contributed by atoms with Gasteiger partial charge >= 0.3 is 0 Å². The van der Waals surface area contributed by atoms with Gasteiger partial charge in [0.1, 0.15) is 11.6 Å². The zero-order chi connectivity index (χ0) is 13.6. The SMILES string of the molecule is Cc1c(O)cccc1-c1nc2cc(Cl)ccc2n1C. The van der Waals surface area contributed by atoms with Gasteiger partial charge in [-0.25, -0.2) is 4.98 Å². The molecule has 0 bridgehead atoms.